The molecule has 2 saturated heterocycles. The lowest BCUT2D eigenvalue weighted by molar-refractivity contribution is -0.314. The first-order valence-electron chi connectivity index (χ1n) is 13.6. The predicted molar refractivity (Wildman–Crippen MR) is 134 cm³/mol. The van der Waals surface area contributed by atoms with Crippen molar-refractivity contribution in [2.75, 3.05) is 6.61 Å². The summed E-state index contributed by atoms with van der Waals surface area (Å²) < 4.78 is 23.7. The van der Waals surface area contributed by atoms with Gasteiger partial charge in [0.1, 0.15) is 23.9 Å². The van der Waals surface area contributed by atoms with E-state index in [2.05, 4.69) is 19.2 Å². The Labute approximate surface area is 220 Å². The lowest BCUT2D eigenvalue weighted by Crippen LogP contribution is -2.67. The molecule has 11 nitrogen and oxygen atoms in total. The molecule has 3 rings (SSSR count). The monoisotopic (exact) mass is 532 g/mol. The molecule has 2 heterocycles. The number of ether oxygens (including phenoxy) is 4. The number of carbonyl (C=O) groups is 1. The van der Waals surface area contributed by atoms with Gasteiger partial charge in [-0.15, -0.1) is 0 Å². The van der Waals surface area contributed by atoms with Crippen LogP contribution in [0, 0.1) is 17.8 Å². The molecule has 0 bridgehead atoms. The molecule has 216 valence electrons. The fourth-order valence-electron chi connectivity index (χ4n) is 5.86. The summed E-state index contributed by atoms with van der Waals surface area (Å²) in [4.78, 5) is 12.7. The average Bonchev–Trinajstić information content (AvgIpc) is 2.81. The van der Waals surface area contributed by atoms with Gasteiger partial charge in [0.2, 0.25) is 0 Å². The zero-order chi connectivity index (χ0) is 27.7. The molecular weight excluding hydrogens is 484 g/mol. The van der Waals surface area contributed by atoms with Crippen molar-refractivity contribution >= 4 is 6.09 Å². The van der Waals surface area contributed by atoms with Crippen LogP contribution in [0.3, 0.4) is 0 Å². The van der Waals surface area contributed by atoms with E-state index < -0.39 is 79.0 Å². The quantitative estimate of drug-likeness (QED) is 0.285. The molecule has 3 fully saturated rings. The van der Waals surface area contributed by atoms with Crippen molar-refractivity contribution in [2.24, 2.45) is 23.5 Å². The number of hydrogen-bond donors (Lipinski definition) is 6. The highest BCUT2D eigenvalue weighted by molar-refractivity contribution is 5.68. The van der Waals surface area contributed by atoms with E-state index in [0.717, 1.165) is 19.3 Å². The fraction of sp³-hybridized carbons (Fsp3) is 0.962. The van der Waals surface area contributed by atoms with Crippen molar-refractivity contribution in [1.29, 1.82) is 0 Å². The maximum atomic E-state index is 12.7. The van der Waals surface area contributed by atoms with Crippen molar-refractivity contribution in [1.82, 2.24) is 5.32 Å². The standard InChI is InChI=1S/C26H48N2O9/c1-7-14-9-8-12(2)22(34-14)18-16(28-25(33)37-26(4,5)6)10-15(27)23(21(18)32)36-24-20(31)13(3)19(30)17(11-29)35-24/h12-24,29-32H,7-11,27H2,1-6H3,(H,28,33). The molecule has 2 aliphatic heterocycles. The van der Waals surface area contributed by atoms with Crippen LogP contribution in [0.1, 0.15) is 67.2 Å². The molecule has 7 N–H and O–H groups in total. The van der Waals surface area contributed by atoms with Crippen molar-refractivity contribution in [3.05, 3.63) is 0 Å². The molecule has 11 heteroatoms. The summed E-state index contributed by atoms with van der Waals surface area (Å²) in [6.45, 7) is 10.7. The Hall–Kier alpha value is -1.05. The molecule has 0 aromatic rings. The van der Waals surface area contributed by atoms with E-state index in [1.807, 2.05) is 0 Å². The molecule has 0 radical (unpaired) electrons. The second-order valence-corrected chi connectivity index (χ2v) is 12.1. The van der Waals surface area contributed by atoms with Gasteiger partial charge in [0, 0.05) is 23.9 Å². The Kier molecular flexibility index (Phi) is 10.2. The molecule has 1 aliphatic carbocycles. The molecule has 37 heavy (non-hydrogen) atoms. The average molecular weight is 533 g/mol. The number of nitrogens with two attached hydrogens (primary N) is 1. The normalized spacial score (nSPS) is 45.3. The van der Waals surface area contributed by atoms with Gasteiger partial charge >= 0.3 is 6.09 Å². The maximum Gasteiger partial charge on any atom is 0.407 e. The second-order valence-electron chi connectivity index (χ2n) is 12.1. The van der Waals surface area contributed by atoms with E-state index in [0.29, 0.717) is 0 Å². The van der Waals surface area contributed by atoms with Crippen LogP contribution in [-0.2, 0) is 18.9 Å². The number of rotatable bonds is 6. The summed E-state index contributed by atoms with van der Waals surface area (Å²) in [5.41, 5.74) is 5.79. The largest absolute Gasteiger partial charge is 0.444 e. The van der Waals surface area contributed by atoms with Crippen LogP contribution in [0.25, 0.3) is 0 Å². The van der Waals surface area contributed by atoms with E-state index in [1.54, 1.807) is 27.7 Å². The highest BCUT2D eigenvalue weighted by Gasteiger charge is 2.52. The third-order valence-electron chi connectivity index (χ3n) is 8.05. The smallest absolute Gasteiger partial charge is 0.407 e. The minimum Gasteiger partial charge on any atom is -0.444 e. The molecule has 3 aliphatic rings. The van der Waals surface area contributed by atoms with Gasteiger partial charge in [-0.2, -0.15) is 0 Å². The Morgan fingerprint density at radius 3 is 2.35 bits per heavy atom. The molecule has 0 aromatic heterocycles. The molecule has 0 spiro atoms. The Morgan fingerprint density at radius 2 is 1.76 bits per heavy atom. The highest BCUT2D eigenvalue weighted by Crippen LogP contribution is 2.40. The second kappa shape index (κ2) is 12.4. The van der Waals surface area contributed by atoms with Crippen LogP contribution >= 0.6 is 0 Å². The molecule has 0 aromatic carbocycles. The third-order valence-corrected chi connectivity index (χ3v) is 8.05. The number of aliphatic hydroxyl groups excluding tert-OH is 4. The lowest BCUT2D eigenvalue weighted by atomic mass is 9.70. The van der Waals surface area contributed by atoms with Gasteiger partial charge in [0.05, 0.1) is 31.0 Å². The van der Waals surface area contributed by atoms with Gasteiger partial charge in [-0.1, -0.05) is 20.8 Å². The fourth-order valence-corrected chi connectivity index (χ4v) is 5.86. The Balaban J connectivity index is 1.85. The number of carbonyl (C=O) groups excluding carboxylic acids is 1. The van der Waals surface area contributed by atoms with E-state index in [1.165, 1.54) is 0 Å². The summed E-state index contributed by atoms with van der Waals surface area (Å²) in [6, 6.07) is -1.25. The van der Waals surface area contributed by atoms with Crippen molar-refractivity contribution in [2.45, 2.75) is 134 Å². The van der Waals surface area contributed by atoms with E-state index in [4.69, 9.17) is 24.7 Å². The van der Waals surface area contributed by atoms with Gasteiger partial charge in [0.25, 0.3) is 0 Å². The first-order valence-corrected chi connectivity index (χ1v) is 13.6. The SMILES string of the molecule is CCC1CCC(C)C(C2C(NC(=O)OC(C)(C)C)CC(N)C(OC3OC(CO)C(O)C(C)C3O)C2O)O1. The minimum absolute atomic E-state index is 0.0432. The predicted octanol–water partition coefficient (Wildman–Crippen LogP) is 0.642. The molecular formula is C26H48N2O9. The van der Waals surface area contributed by atoms with Crippen LogP contribution in [0.5, 0.6) is 0 Å². The third kappa shape index (κ3) is 7.13. The highest BCUT2D eigenvalue weighted by atomic mass is 16.7. The summed E-state index contributed by atoms with van der Waals surface area (Å²) >= 11 is 0. The van der Waals surface area contributed by atoms with Crippen LogP contribution in [0.4, 0.5) is 4.79 Å². The topological polar surface area (TPSA) is 173 Å². The molecule has 1 saturated carbocycles. The van der Waals surface area contributed by atoms with Crippen LogP contribution < -0.4 is 11.1 Å². The maximum absolute atomic E-state index is 12.7. The summed E-state index contributed by atoms with van der Waals surface area (Å²) in [5.74, 6) is -1.07. The first kappa shape index (κ1) is 30.5. The number of aliphatic hydroxyl groups is 4. The lowest BCUT2D eigenvalue weighted by Gasteiger charge is -2.51. The Bertz CT molecular complexity index is 748. The molecule has 1 amide bonds. The van der Waals surface area contributed by atoms with Crippen LogP contribution in [0.15, 0.2) is 0 Å². The van der Waals surface area contributed by atoms with Gasteiger partial charge in [-0.05, 0) is 52.4 Å². The van der Waals surface area contributed by atoms with E-state index in [-0.39, 0.29) is 24.5 Å². The van der Waals surface area contributed by atoms with Gasteiger partial charge < -0.3 is 50.4 Å². The zero-order valence-electron chi connectivity index (χ0n) is 22.9. The van der Waals surface area contributed by atoms with Crippen LogP contribution in [0.2, 0.25) is 0 Å². The molecule has 13 unspecified atom stereocenters. The van der Waals surface area contributed by atoms with Gasteiger partial charge in [-0.25, -0.2) is 4.79 Å². The minimum atomic E-state index is -1.20. The Morgan fingerprint density at radius 1 is 1.08 bits per heavy atom. The summed E-state index contributed by atoms with van der Waals surface area (Å²) in [6.07, 6.45) is -4.47. The van der Waals surface area contributed by atoms with Crippen molar-refractivity contribution < 1.29 is 44.2 Å². The number of alkyl carbamates (subject to hydrolysis) is 1. The number of amides is 1. The van der Waals surface area contributed by atoms with Crippen molar-refractivity contribution in [3.63, 3.8) is 0 Å². The summed E-state index contributed by atoms with van der Waals surface area (Å²) in [7, 11) is 0. The van der Waals surface area contributed by atoms with E-state index >= 15 is 0 Å². The summed E-state index contributed by atoms with van der Waals surface area (Å²) in [5, 5.41) is 45.2. The van der Waals surface area contributed by atoms with Gasteiger partial charge in [-0.3, -0.25) is 0 Å². The van der Waals surface area contributed by atoms with Gasteiger partial charge in [0.15, 0.2) is 6.29 Å². The number of hydrogen-bond acceptors (Lipinski definition) is 10. The number of nitrogens with one attached hydrogen (secondary N) is 1. The van der Waals surface area contributed by atoms with Crippen molar-refractivity contribution in [3.8, 4) is 0 Å². The molecule has 13 atom stereocenters. The zero-order valence-corrected chi connectivity index (χ0v) is 22.9. The van der Waals surface area contributed by atoms with Crippen LogP contribution in [-0.4, -0.2) is 99.8 Å². The van der Waals surface area contributed by atoms with E-state index in [9.17, 15) is 25.2 Å². The first-order chi connectivity index (χ1) is 17.3.